The summed E-state index contributed by atoms with van der Waals surface area (Å²) in [5.74, 6) is 0. The first-order chi connectivity index (χ1) is 12.7. The Morgan fingerprint density at radius 3 is 2.81 bits per heavy atom. The highest BCUT2D eigenvalue weighted by atomic mass is 35.5. The van der Waals surface area contributed by atoms with Crippen molar-refractivity contribution >= 4 is 23.2 Å². The molecule has 0 amide bonds. The van der Waals surface area contributed by atoms with E-state index in [2.05, 4.69) is 37.6 Å². The van der Waals surface area contributed by atoms with E-state index in [0.717, 1.165) is 37.6 Å². The van der Waals surface area contributed by atoms with E-state index < -0.39 is 0 Å². The van der Waals surface area contributed by atoms with Crippen molar-refractivity contribution in [3.05, 3.63) is 70.2 Å². The molecule has 1 aliphatic rings. The van der Waals surface area contributed by atoms with Gasteiger partial charge in [0.15, 0.2) is 0 Å². The molecule has 1 fully saturated rings. The molecule has 1 unspecified atom stereocenters. The van der Waals surface area contributed by atoms with Crippen molar-refractivity contribution in [2.45, 2.75) is 12.6 Å². The molecule has 134 valence electrons. The number of hydrogen-bond acceptors (Lipinski definition) is 5. The van der Waals surface area contributed by atoms with Crippen LogP contribution in [0.4, 0.5) is 0 Å². The van der Waals surface area contributed by atoms with Crippen LogP contribution in [0, 0.1) is 0 Å². The number of halogens is 2. The Morgan fingerprint density at radius 1 is 1.15 bits per heavy atom. The van der Waals surface area contributed by atoms with Gasteiger partial charge in [0.2, 0.25) is 0 Å². The van der Waals surface area contributed by atoms with Crippen molar-refractivity contribution in [3.8, 4) is 5.69 Å². The van der Waals surface area contributed by atoms with Crippen LogP contribution in [0.15, 0.2) is 48.9 Å². The van der Waals surface area contributed by atoms with Crippen LogP contribution in [-0.2, 0) is 6.54 Å². The second-order valence-electron chi connectivity index (χ2n) is 6.22. The number of piperazine rings is 1. The van der Waals surface area contributed by atoms with Gasteiger partial charge >= 0.3 is 0 Å². The third-order valence-electron chi connectivity index (χ3n) is 4.51. The maximum Gasteiger partial charge on any atom is 0.0972 e. The number of hydrogen-bond donors (Lipinski definition) is 1. The smallest absolute Gasteiger partial charge is 0.0972 e. The van der Waals surface area contributed by atoms with Crippen molar-refractivity contribution in [2.24, 2.45) is 0 Å². The zero-order valence-corrected chi connectivity index (χ0v) is 15.5. The van der Waals surface area contributed by atoms with Gasteiger partial charge in [-0.05, 0) is 35.9 Å². The lowest BCUT2D eigenvalue weighted by atomic mass is 10.0. The van der Waals surface area contributed by atoms with E-state index in [1.807, 2.05) is 24.7 Å². The summed E-state index contributed by atoms with van der Waals surface area (Å²) >= 11 is 12.2. The molecular weight excluding hydrogens is 371 g/mol. The predicted octanol–water partition coefficient (Wildman–Crippen LogP) is 3.12. The van der Waals surface area contributed by atoms with E-state index in [9.17, 15) is 0 Å². The molecule has 26 heavy (non-hydrogen) atoms. The fourth-order valence-electron chi connectivity index (χ4n) is 3.21. The SMILES string of the molecule is Clc1ccc(-n2cc(CN3CCNCC3c3ccncc3)nn2)c(Cl)c1. The normalized spacial score (nSPS) is 18.2. The number of rotatable bonds is 4. The van der Waals surface area contributed by atoms with E-state index >= 15 is 0 Å². The van der Waals surface area contributed by atoms with Crippen LogP contribution < -0.4 is 5.32 Å². The lowest BCUT2D eigenvalue weighted by Gasteiger charge is -2.35. The quantitative estimate of drug-likeness (QED) is 0.743. The molecule has 1 aromatic carbocycles. The Bertz CT molecular complexity index is 882. The van der Waals surface area contributed by atoms with Crippen LogP contribution in [0.25, 0.3) is 5.69 Å². The first kappa shape index (κ1) is 17.4. The highest BCUT2D eigenvalue weighted by Gasteiger charge is 2.24. The molecule has 0 bridgehead atoms. The Morgan fingerprint density at radius 2 is 2.00 bits per heavy atom. The standard InChI is InChI=1S/C18H18Cl2N6/c19-14-1-2-17(16(20)9-14)26-12-15(23-24-26)11-25-8-7-22-10-18(25)13-3-5-21-6-4-13/h1-6,9,12,18,22H,7-8,10-11H2. The number of nitrogens with one attached hydrogen (secondary N) is 1. The molecule has 4 rings (SSSR count). The zero-order chi connectivity index (χ0) is 17.9. The first-order valence-corrected chi connectivity index (χ1v) is 9.17. The zero-order valence-electron chi connectivity index (χ0n) is 14.0. The van der Waals surface area contributed by atoms with Gasteiger partial charge in [0.1, 0.15) is 0 Å². The van der Waals surface area contributed by atoms with E-state index in [1.165, 1.54) is 5.56 Å². The Labute approximate surface area is 161 Å². The summed E-state index contributed by atoms with van der Waals surface area (Å²) in [6, 6.07) is 9.75. The maximum atomic E-state index is 6.27. The Kier molecular flexibility index (Phi) is 5.17. The number of pyridine rings is 1. The van der Waals surface area contributed by atoms with Gasteiger partial charge in [0, 0.05) is 49.6 Å². The molecule has 2 aromatic heterocycles. The monoisotopic (exact) mass is 388 g/mol. The van der Waals surface area contributed by atoms with Gasteiger partial charge in [-0.3, -0.25) is 9.88 Å². The van der Waals surface area contributed by atoms with Crippen molar-refractivity contribution in [1.82, 2.24) is 30.2 Å². The summed E-state index contributed by atoms with van der Waals surface area (Å²) in [6.45, 7) is 3.53. The maximum absolute atomic E-state index is 6.27. The first-order valence-electron chi connectivity index (χ1n) is 8.42. The van der Waals surface area contributed by atoms with Crippen LogP contribution in [0.1, 0.15) is 17.3 Å². The fourth-order valence-corrected chi connectivity index (χ4v) is 3.71. The summed E-state index contributed by atoms with van der Waals surface area (Å²) < 4.78 is 1.69. The summed E-state index contributed by atoms with van der Waals surface area (Å²) in [7, 11) is 0. The average Bonchev–Trinajstić information content (AvgIpc) is 3.11. The van der Waals surface area contributed by atoms with Gasteiger partial charge in [0.05, 0.1) is 22.6 Å². The van der Waals surface area contributed by atoms with Crippen molar-refractivity contribution in [1.29, 1.82) is 0 Å². The molecule has 1 aliphatic heterocycles. The molecule has 0 aliphatic carbocycles. The van der Waals surface area contributed by atoms with Gasteiger partial charge in [-0.2, -0.15) is 0 Å². The summed E-state index contributed by atoms with van der Waals surface area (Å²) in [5, 5.41) is 13.2. The Hall–Kier alpha value is -1.99. The number of nitrogens with zero attached hydrogens (tertiary/aromatic N) is 5. The van der Waals surface area contributed by atoms with Crippen LogP contribution >= 0.6 is 23.2 Å². The molecule has 3 aromatic rings. The molecule has 1 N–H and O–H groups in total. The van der Waals surface area contributed by atoms with Gasteiger partial charge in [-0.1, -0.05) is 28.4 Å². The van der Waals surface area contributed by atoms with Gasteiger partial charge in [-0.15, -0.1) is 5.10 Å². The summed E-state index contributed by atoms with van der Waals surface area (Å²) in [4.78, 5) is 6.52. The third kappa shape index (κ3) is 3.73. The van der Waals surface area contributed by atoms with Gasteiger partial charge in [-0.25, -0.2) is 4.68 Å². The lowest BCUT2D eigenvalue weighted by molar-refractivity contribution is 0.152. The molecular formula is C18H18Cl2N6. The number of aromatic nitrogens is 4. The second-order valence-corrected chi connectivity index (χ2v) is 7.06. The van der Waals surface area contributed by atoms with Crippen LogP contribution in [0.5, 0.6) is 0 Å². The third-order valence-corrected chi connectivity index (χ3v) is 5.05. The predicted molar refractivity (Wildman–Crippen MR) is 102 cm³/mol. The van der Waals surface area contributed by atoms with E-state index in [4.69, 9.17) is 23.2 Å². The van der Waals surface area contributed by atoms with Crippen molar-refractivity contribution in [3.63, 3.8) is 0 Å². The fraction of sp³-hybridized carbons (Fsp3) is 0.278. The molecule has 1 saturated heterocycles. The summed E-state index contributed by atoms with van der Waals surface area (Å²) in [6.07, 6.45) is 5.59. The highest BCUT2D eigenvalue weighted by Crippen LogP contribution is 2.25. The average molecular weight is 389 g/mol. The van der Waals surface area contributed by atoms with Crippen LogP contribution in [-0.4, -0.2) is 44.5 Å². The molecule has 0 saturated carbocycles. The minimum atomic E-state index is 0.288. The van der Waals surface area contributed by atoms with Crippen molar-refractivity contribution < 1.29 is 0 Å². The molecule has 3 heterocycles. The number of benzene rings is 1. The Balaban J connectivity index is 1.54. The molecule has 6 nitrogen and oxygen atoms in total. The minimum Gasteiger partial charge on any atom is -0.314 e. The highest BCUT2D eigenvalue weighted by molar-refractivity contribution is 6.35. The van der Waals surface area contributed by atoms with Crippen molar-refractivity contribution in [2.75, 3.05) is 19.6 Å². The van der Waals surface area contributed by atoms with Crippen LogP contribution in [0.2, 0.25) is 10.0 Å². The van der Waals surface area contributed by atoms with E-state index in [0.29, 0.717) is 10.0 Å². The molecule has 0 spiro atoms. The van der Waals surface area contributed by atoms with Gasteiger partial charge < -0.3 is 5.32 Å². The van der Waals surface area contributed by atoms with E-state index in [1.54, 1.807) is 16.8 Å². The van der Waals surface area contributed by atoms with Crippen LogP contribution in [0.3, 0.4) is 0 Å². The minimum absolute atomic E-state index is 0.288. The molecule has 0 radical (unpaired) electrons. The molecule has 1 atom stereocenters. The molecule has 8 heteroatoms. The second kappa shape index (κ2) is 7.72. The van der Waals surface area contributed by atoms with E-state index in [-0.39, 0.29) is 6.04 Å². The lowest BCUT2D eigenvalue weighted by Crippen LogP contribution is -2.45. The largest absolute Gasteiger partial charge is 0.314 e. The topological polar surface area (TPSA) is 58.9 Å². The van der Waals surface area contributed by atoms with Gasteiger partial charge in [0.25, 0.3) is 0 Å². The summed E-state index contributed by atoms with van der Waals surface area (Å²) in [5.41, 5.74) is 2.91.